The summed E-state index contributed by atoms with van der Waals surface area (Å²) in [7, 11) is 1.71. The lowest BCUT2D eigenvalue weighted by molar-refractivity contribution is 0.182. The van der Waals surface area contributed by atoms with Crippen molar-refractivity contribution in [2.75, 3.05) is 13.7 Å². The summed E-state index contributed by atoms with van der Waals surface area (Å²) < 4.78 is 5.00. The molecule has 0 spiro atoms. The molecule has 0 amide bonds. The van der Waals surface area contributed by atoms with E-state index in [1.54, 1.807) is 18.4 Å². The van der Waals surface area contributed by atoms with Gasteiger partial charge in [0.1, 0.15) is 0 Å². The predicted molar refractivity (Wildman–Crippen MR) is 55.6 cm³/mol. The van der Waals surface area contributed by atoms with Crippen LogP contribution in [0.5, 0.6) is 0 Å². The van der Waals surface area contributed by atoms with E-state index < -0.39 is 0 Å². The van der Waals surface area contributed by atoms with Gasteiger partial charge in [0, 0.05) is 19.8 Å². The van der Waals surface area contributed by atoms with Crippen LogP contribution in [0.4, 0.5) is 0 Å². The van der Waals surface area contributed by atoms with E-state index in [1.165, 1.54) is 5.56 Å². The van der Waals surface area contributed by atoms with E-state index in [0.29, 0.717) is 6.04 Å². The SMILES string of the molecule is COCCC(Cc1ccsc1)NN. The van der Waals surface area contributed by atoms with Crippen LogP contribution in [0, 0.1) is 0 Å². The summed E-state index contributed by atoms with van der Waals surface area (Å²) >= 11 is 1.72. The third-order valence-corrected chi connectivity index (χ3v) is 2.70. The van der Waals surface area contributed by atoms with Gasteiger partial charge < -0.3 is 4.74 Å². The second-order valence-corrected chi connectivity index (χ2v) is 3.76. The van der Waals surface area contributed by atoms with E-state index in [-0.39, 0.29) is 0 Å². The Hall–Kier alpha value is -0.420. The molecule has 0 aromatic carbocycles. The van der Waals surface area contributed by atoms with Crippen molar-refractivity contribution in [2.24, 2.45) is 5.84 Å². The number of nitrogens with two attached hydrogens (primary N) is 1. The molecule has 1 rings (SSSR count). The Morgan fingerprint density at radius 3 is 3.08 bits per heavy atom. The van der Waals surface area contributed by atoms with E-state index >= 15 is 0 Å². The minimum Gasteiger partial charge on any atom is -0.385 e. The lowest BCUT2D eigenvalue weighted by atomic mass is 10.1. The molecule has 3 nitrogen and oxygen atoms in total. The van der Waals surface area contributed by atoms with Crippen molar-refractivity contribution in [3.63, 3.8) is 0 Å². The van der Waals surface area contributed by atoms with E-state index in [4.69, 9.17) is 10.6 Å². The van der Waals surface area contributed by atoms with Gasteiger partial charge in [0.2, 0.25) is 0 Å². The second kappa shape index (κ2) is 6.10. The molecule has 1 atom stereocenters. The van der Waals surface area contributed by atoms with Crippen LogP contribution in [-0.2, 0) is 11.2 Å². The van der Waals surface area contributed by atoms with Crippen LogP contribution >= 0.6 is 11.3 Å². The number of methoxy groups -OCH3 is 1. The maximum Gasteiger partial charge on any atom is 0.0477 e. The molecule has 4 heteroatoms. The molecule has 0 aliphatic carbocycles. The number of ether oxygens (including phenoxy) is 1. The monoisotopic (exact) mass is 200 g/mol. The summed E-state index contributed by atoms with van der Waals surface area (Å²) in [5, 5.41) is 4.23. The average molecular weight is 200 g/mol. The first-order valence-corrected chi connectivity index (χ1v) is 5.27. The van der Waals surface area contributed by atoms with Gasteiger partial charge in [-0.15, -0.1) is 0 Å². The lowest BCUT2D eigenvalue weighted by Gasteiger charge is -2.13. The standard InChI is InChI=1S/C9H16N2OS/c1-12-4-2-9(11-10)6-8-3-5-13-7-8/h3,5,7,9,11H,2,4,6,10H2,1H3. The van der Waals surface area contributed by atoms with Crippen LogP contribution in [-0.4, -0.2) is 19.8 Å². The molecule has 0 aliphatic heterocycles. The van der Waals surface area contributed by atoms with E-state index in [2.05, 4.69) is 22.3 Å². The van der Waals surface area contributed by atoms with Crippen molar-refractivity contribution in [1.82, 2.24) is 5.43 Å². The summed E-state index contributed by atoms with van der Waals surface area (Å²) in [6.07, 6.45) is 1.92. The van der Waals surface area contributed by atoms with Gasteiger partial charge in [-0.1, -0.05) is 0 Å². The quantitative estimate of drug-likeness (QED) is 0.535. The lowest BCUT2D eigenvalue weighted by Crippen LogP contribution is -2.37. The second-order valence-electron chi connectivity index (χ2n) is 2.98. The smallest absolute Gasteiger partial charge is 0.0477 e. The predicted octanol–water partition coefficient (Wildman–Crippen LogP) is 1.16. The van der Waals surface area contributed by atoms with Crippen LogP contribution in [0.25, 0.3) is 0 Å². The molecule has 0 saturated heterocycles. The van der Waals surface area contributed by atoms with Crippen LogP contribution in [0.1, 0.15) is 12.0 Å². The van der Waals surface area contributed by atoms with Crippen molar-refractivity contribution < 1.29 is 4.74 Å². The fourth-order valence-electron chi connectivity index (χ4n) is 1.20. The van der Waals surface area contributed by atoms with Gasteiger partial charge in [0.25, 0.3) is 0 Å². The van der Waals surface area contributed by atoms with Crippen LogP contribution in [0.2, 0.25) is 0 Å². The molecule has 3 N–H and O–H groups in total. The molecule has 0 bridgehead atoms. The maximum atomic E-state index is 5.43. The molecule has 74 valence electrons. The number of hydrogen-bond acceptors (Lipinski definition) is 4. The van der Waals surface area contributed by atoms with Crippen molar-refractivity contribution >= 4 is 11.3 Å². The maximum absolute atomic E-state index is 5.43. The van der Waals surface area contributed by atoms with Gasteiger partial charge >= 0.3 is 0 Å². The largest absolute Gasteiger partial charge is 0.385 e. The van der Waals surface area contributed by atoms with Crippen LogP contribution in [0.15, 0.2) is 16.8 Å². The Balaban J connectivity index is 2.31. The first-order valence-electron chi connectivity index (χ1n) is 4.33. The Morgan fingerprint density at radius 2 is 2.54 bits per heavy atom. The van der Waals surface area contributed by atoms with Gasteiger partial charge in [-0.2, -0.15) is 11.3 Å². The van der Waals surface area contributed by atoms with E-state index in [9.17, 15) is 0 Å². The van der Waals surface area contributed by atoms with Crippen molar-refractivity contribution in [1.29, 1.82) is 0 Å². The molecule has 13 heavy (non-hydrogen) atoms. The molecular weight excluding hydrogens is 184 g/mol. The summed E-state index contributed by atoms with van der Waals surface area (Å²) in [6, 6.07) is 2.44. The van der Waals surface area contributed by atoms with Gasteiger partial charge in [0.05, 0.1) is 0 Å². The number of thiophene rings is 1. The third-order valence-electron chi connectivity index (χ3n) is 1.97. The first-order chi connectivity index (χ1) is 6.36. The Kier molecular flexibility index (Phi) is 5.00. The Morgan fingerprint density at radius 1 is 1.69 bits per heavy atom. The van der Waals surface area contributed by atoms with Crippen molar-refractivity contribution in [3.05, 3.63) is 22.4 Å². The molecule has 1 aromatic rings. The highest BCUT2D eigenvalue weighted by Gasteiger charge is 2.06. The van der Waals surface area contributed by atoms with Crippen LogP contribution in [0.3, 0.4) is 0 Å². The molecular formula is C9H16N2OS. The summed E-state index contributed by atoms with van der Waals surface area (Å²) in [5.41, 5.74) is 4.14. The molecule has 0 fully saturated rings. The molecule has 0 radical (unpaired) electrons. The molecule has 1 unspecified atom stereocenters. The number of hydrazine groups is 1. The average Bonchev–Trinajstić information content (AvgIpc) is 2.64. The number of hydrogen-bond donors (Lipinski definition) is 2. The van der Waals surface area contributed by atoms with E-state index in [1.807, 2.05) is 0 Å². The highest BCUT2D eigenvalue weighted by Crippen LogP contribution is 2.09. The van der Waals surface area contributed by atoms with E-state index in [0.717, 1.165) is 19.4 Å². The Bertz CT molecular complexity index is 213. The van der Waals surface area contributed by atoms with Crippen LogP contribution < -0.4 is 11.3 Å². The zero-order valence-corrected chi connectivity index (χ0v) is 8.64. The number of rotatable bonds is 6. The van der Waals surface area contributed by atoms with Crippen molar-refractivity contribution in [3.8, 4) is 0 Å². The minimum absolute atomic E-state index is 0.314. The summed E-state index contributed by atoms with van der Waals surface area (Å²) in [4.78, 5) is 0. The molecule has 1 aromatic heterocycles. The minimum atomic E-state index is 0.314. The van der Waals surface area contributed by atoms with Gasteiger partial charge in [-0.05, 0) is 35.2 Å². The summed E-state index contributed by atoms with van der Waals surface area (Å²) in [5.74, 6) is 5.43. The fraction of sp³-hybridized carbons (Fsp3) is 0.556. The zero-order chi connectivity index (χ0) is 9.52. The third kappa shape index (κ3) is 3.87. The molecule has 0 aliphatic rings. The topological polar surface area (TPSA) is 47.3 Å². The highest BCUT2D eigenvalue weighted by molar-refractivity contribution is 7.07. The summed E-state index contributed by atoms with van der Waals surface area (Å²) in [6.45, 7) is 0.749. The van der Waals surface area contributed by atoms with Crippen molar-refractivity contribution in [2.45, 2.75) is 18.9 Å². The zero-order valence-electron chi connectivity index (χ0n) is 7.82. The number of nitrogens with one attached hydrogen (secondary N) is 1. The molecule has 0 saturated carbocycles. The molecule has 1 heterocycles. The van der Waals surface area contributed by atoms with Gasteiger partial charge in [0.15, 0.2) is 0 Å². The Labute approximate surface area is 82.9 Å². The first kappa shape index (κ1) is 10.7. The highest BCUT2D eigenvalue weighted by atomic mass is 32.1. The van der Waals surface area contributed by atoms with Gasteiger partial charge in [-0.25, -0.2) is 0 Å². The van der Waals surface area contributed by atoms with Gasteiger partial charge in [-0.3, -0.25) is 11.3 Å². The normalized spacial score (nSPS) is 13.1. The fourth-order valence-corrected chi connectivity index (χ4v) is 1.88.